The average Bonchev–Trinajstić information content (AvgIpc) is 2.71. The lowest BCUT2D eigenvalue weighted by molar-refractivity contribution is -0.0523. The van der Waals surface area contributed by atoms with Crippen molar-refractivity contribution in [3.8, 4) is 0 Å². The molecule has 0 spiro atoms. The second-order valence-electron chi connectivity index (χ2n) is 5.33. The highest BCUT2D eigenvalue weighted by atomic mass is 31.2. The Morgan fingerprint density at radius 3 is 2.48 bits per heavy atom. The Labute approximate surface area is 140 Å². The Bertz CT molecular complexity index is 778. The first-order valence-electron chi connectivity index (χ1n) is 6.77. The number of hydrogen-bond acceptors (Lipinski definition) is 9. The van der Waals surface area contributed by atoms with Crippen LogP contribution in [-0.4, -0.2) is 65.3 Å². The van der Waals surface area contributed by atoms with Gasteiger partial charge in [0.05, 0.1) is 6.61 Å². The SMILES string of the molecule is Nc1ccn([C@H]2O[C@@H](COP(=O)(O)CP(=O)(O)O)[C@H](O)[C@@H]2O)c(=O)n1. The summed E-state index contributed by atoms with van der Waals surface area (Å²) in [6.07, 6.45) is -4.69. The standard InChI is InChI=1S/C10H17N3O10P2/c11-6-1-2-13(10(16)12-6)9-8(15)7(14)5(23-9)3-22-25(20,21)4-24(17,18)19/h1-2,5,7-9,14-15H,3-4H2,(H,20,21)(H2,11,12,16)(H2,17,18,19)/t5-,7-,8-,9-/m0/s1. The number of ether oxygens (including phenoxy) is 1. The summed E-state index contributed by atoms with van der Waals surface area (Å²) in [6.45, 7) is -0.750. The zero-order valence-corrected chi connectivity index (χ0v) is 14.3. The minimum atomic E-state index is -4.80. The molecule has 25 heavy (non-hydrogen) atoms. The van der Waals surface area contributed by atoms with Crippen LogP contribution in [0.3, 0.4) is 0 Å². The number of nitrogens with two attached hydrogens (primary N) is 1. The molecule has 1 saturated heterocycles. The number of aliphatic hydroxyl groups excluding tert-OH is 2. The molecule has 0 bridgehead atoms. The number of rotatable bonds is 6. The molecule has 2 heterocycles. The normalized spacial score (nSPS) is 29.5. The van der Waals surface area contributed by atoms with Gasteiger partial charge in [0.1, 0.15) is 24.1 Å². The third kappa shape index (κ3) is 5.17. The van der Waals surface area contributed by atoms with E-state index in [0.717, 1.165) is 4.57 Å². The fraction of sp³-hybridized carbons (Fsp3) is 0.600. The molecule has 1 aromatic heterocycles. The summed E-state index contributed by atoms with van der Waals surface area (Å²) >= 11 is 0. The van der Waals surface area contributed by atoms with Gasteiger partial charge in [0.15, 0.2) is 12.1 Å². The molecule has 5 atom stereocenters. The summed E-state index contributed by atoms with van der Waals surface area (Å²) in [4.78, 5) is 42.0. The van der Waals surface area contributed by atoms with Gasteiger partial charge in [-0.05, 0) is 6.07 Å². The molecule has 1 unspecified atom stereocenters. The van der Waals surface area contributed by atoms with Gasteiger partial charge in [-0.1, -0.05) is 0 Å². The van der Waals surface area contributed by atoms with Gasteiger partial charge in [0.2, 0.25) is 0 Å². The van der Waals surface area contributed by atoms with E-state index in [1.807, 2.05) is 0 Å². The van der Waals surface area contributed by atoms with E-state index in [0.29, 0.717) is 0 Å². The monoisotopic (exact) mass is 401 g/mol. The molecule has 1 aromatic rings. The lowest BCUT2D eigenvalue weighted by atomic mass is 10.1. The summed E-state index contributed by atoms with van der Waals surface area (Å²) in [5.41, 5.74) is 4.49. The molecule has 0 amide bonds. The van der Waals surface area contributed by atoms with Gasteiger partial charge in [-0.15, -0.1) is 0 Å². The molecule has 1 aliphatic heterocycles. The number of anilines is 1. The Kier molecular flexibility index (Phi) is 5.84. The summed E-state index contributed by atoms with van der Waals surface area (Å²) in [5, 5.41) is 19.9. The van der Waals surface area contributed by atoms with Gasteiger partial charge in [-0.2, -0.15) is 4.98 Å². The van der Waals surface area contributed by atoms with Gasteiger partial charge < -0.3 is 39.9 Å². The Morgan fingerprint density at radius 1 is 1.28 bits per heavy atom. The third-order valence-electron chi connectivity index (χ3n) is 3.27. The van der Waals surface area contributed by atoms with Crippen molar-refractivity contribution in [2.45, 2.75) is 24.5 Å². The lowest BCUT2D eigenvalue weighted by Gasteiger charge is -2.18. The third-order valence-corrected chi connectivity index (χ3v) is 6.72. The fourth-order valence-corrected chi connectivity index (χ4v) is 4.75. The summed E-state index contributed by atoms with van der Waals surface area (Å²) in [7, 11) is -9.46. The van der Waals surface area contributed by atoms with Crippen LogP contribution < -0.4 is 11.4 Å². The summed E-state index contributed by atoms with van der Waals surface area (Å²) in [6, 6.07) is 1.26. The maximum absolute atomic E-state index is 11.8. The van der Waals surface area contributed by atoms with Crippen LogP contribution in [0.5, 0.6) is 0 Å². The quantitative estimate of drug-likeness (QED) is 0.280. The first-order valence-corrected chi connectivity index (χ1v) is 10.3. The average molecular weight is 401 g/mol. The minimum absolute atomic E-state index is 0.0622. The maximum atomic E-state index is 11.8. The van der Waals surface area contributed by atoms with Crippen LogP contribution >= 0.6 is 15.2 Å². The van der Waals surface area contributed by atoms with Crippen molar-refractivity contribution in [2.75, 3.05) is 18.2 Å². The zero-order chi connectivity index (χ0) is 19.0. The van der Waals surface area contributed by atoms with Crippen LogP contribution in [-0.2, 0) is 18.4 Å². The molecular weight excluding hydrogens is 384 g/mol. The Morgan fingerprint density at radius 2 is 1.92 bits per heavy atom. The number of hydrogen-bond donors (Lipinski definition) is 6. The number of aromatic nitrogens is 2. The smallest absolute Gasteiger partial charge is 0.351 e. The highest BCUT2D eigenvalue weighted by Crippen LogP contribution is 2.55. The molecule has 1 fully saturated rings. The first-order chi connectivity index (χ1) is 11.4. The Hall–Kier alpha value is -1.14. The van der Waals surface area contributed by atoms with Crippen LogP contribution in [0.2, 0.25) is 0 Å². The number of nitrogen functional groups attached to an aromatic ring is 1. The predicted molar refractivity (Wildman–Crippen MR) is 81.5 cm³/mol. The first kappa shape index (κ1) is 20.2. The van der Waals surface area contributed by atoms with Crippen LogP contribution in [0, 0.1) is 0 Å². The van der Waals surface area contributed by atoms with Crippen molar-refractivity contribution in [2.24, 2.45) is 0 Å². The second-order valence-corrected chi connectivity index (χ2v) is 9.32. The molecule has 0 aliphatic carbocycles. The number of nitrogens with zero attached hydrogens (tertiary/aromatic N) is 2. The van der Waals surface area contributed by atoms with Crippen LogP contribution in [0.15, 0.2) is 17.1 Å². The molecule has 1 aliphatic rings. The van der Waals surface area contributed by atoms with E-state index in [1.54, 1.807) is 0 Å². The summed E-state index contributed by atoms with van der Waals surface area (Å²) in [5.74, 6) is -1.47. The molecule has 2 rings (SSSR count). The largest absolute Gasteiger partial charge is 0.387 e. The second kappa shape index (κ2) is 7.23. The molecule has 0 saturated carbocycles. The highest BCUT2D eigenvalue weighted by molar-refractivity contribution is 7.70. The predicted octanol–water partition coefficient (Wildman–Crippen LogP) is -2.22. The van der Waals surface area contributed by atoms with E-state index >= 15 is 0 Å². The molecule has 7 N–H and O–H groups in total. The van der Waals surface area contributed by atoms with Gasteiger partial charge >= 0.3 is 20.9 Å². The van der Waals surface area contributed by atoms with Crippen molar-refractivity contribution >= 4 is 21.0 Å². The highest BCUT2D eigenvalue weighted by Gasteiger charge is 2.45. The van der Waals surface area contributed by atoms with E-state index < -0.39 is 57.9 Å². The van der Waals surface area contributed by atoms with Crippen LogP contribution in [0.4, 0.5) is 5.82 Å². The van der Waals surface area contributed by atoms with E-state index in [4.69, 9.17) is 20.3 Å². The van der Waals surface area contributed by atoms with Gasteiger partial charge in [0.25, 0.3) is 0 Å². The minimum Gasteiger partial charge on any atom is -0.387 e. The lowest BCUT2D eigenvalue weighted by Crippen LogP contribution is -2.36. The van der Waals surface area contributed by atoms with Crippen LogP contribution in [0.1, 0.15) is 6.23 Å². The van der Waals surface area contributed by atoms with Gasteiger partial charge in [-0.3, -0.25) is 13.7 Å². The molecule has 0 aromatic carbocycles. The van der Waals surface area contributed by atoms with Crippen molar-refractivity contribution in [3.63, 3.8) is 0 Å². The number of aliphatic hydroxyl groups is 2. The van der Waals surface area contributed by atoms with E-state index in [2.05, 4.69) is 9.51 Å². The van der Waals surface area contributed by atoms with Crippen LogP contribution in [0.25, 0.3) is 0 Å². The Balaban J connectivity index is 2.08. The van der Waals surface area contributed by atoms with Crippen molar-refractivity contribution in [1.29, 1.82) is 0 Å². The topological polar surface area (TPSA) is 215 Å². The molecule has 13 nitrogen and oxygen atoms in total. The van der Waals surface area contributed by atoms with E-state index in [-0.39, 0.29) is 5.82 Å². The van der Waals surface area contributed by atoms with E-state index in [9.17, 15) is 29.0 Å². The summed E-state index contributed by atoms with van der Waals surface area (Å²) < 4.78 is 33.0. The molecular formula is C10H17N3O10P2. The van der Waals surface area contributed by atoms with Crippen molar-refractivity contribution < 1.29 is 43.3 Å². The van der Waals surface area contributed by atoms with Gasteiger partial charge in [-0.25, -0.2) is 4.79 Å². The van der Waals surface area contributed by atoms with Gasteiger partial charge in [0, 0.05) is 6.20 Å². The zero-order valence-electron chi connectivity index (χ0n) is 12.5. The molecule has 142 valence electrons. The molecule has 15 heteroatoms. The van der Waals surface area contributed by atoms with Crippen molar-refractivity contribution in [3.05, 3.63) is 22.7 Å². The van der Waals surface area contributed by atoms with Crippen molar-refractivity contribution in [1.82, 2.24) is 9.55 Å². The maximum Gasteiger partial charge on any atom is 0.351 e. The van der Waals surface area contributed by atoms with E-state index in [1.165, 1.54) is 12.3 Å². The molecule has 0 radical (unpaired) electrons. The fourth-order valence-electron chi connectivity index (χ4n) is 2.18.